The minimum Gasteiger partial charge on any atom is -0.377 e. The average molecular weight is 155 g/mol. The van der Waals surface area contributed by atoms with Crippen LogP contribution in [0.15, 0.2) is 12.2 Å². The molecule has 0 aromatic heterocycles. The molecule has 1 saturated heterocycles. The molecule has 0 amide bonds. The molecule has 1 N–H and O–H groups in total. The zero-order chi connectivity index (χ0) is 7.52. The Morgan fingerprint density at radius 3 is 3.27 bits per heavy atom. The van der Waals surface area contributed by atoms with Crippen molar-refractivity contribution in [2.75, 3.05) is 26.4 Å². The third kappa shape index (κ3) is 1.61. The summed E-state index contributed by atoms with van der Waals surface area (Å²) in [6.07, 6.45) is 4.40. The van der Waals surface area contributed by atoms with E-state index in [1.165, 1.54) is 0 Å². The lowest BCUT2D eigenvalue weighted by Crippen LogP contribution is -2.41. The van der Waals surface area contributed by atoms with Crippen molar-refractivity contribution in [3.05, 3.63) is 12.2 Å². The first-order valence-corrected chi connectivity index (χ1v) is 4.04. The Balaban J connectivity index is 1.97. The Morgan fingerprint density at radius 1 is 1.27 bits per heavy atom. The van der Waals surface area contributed by atoms with E-state index in [2.05, 4.69) is 11.4 Å². The molecule has 0 bridgehead atoms. The summed E-state index contributed by atoms with van der Waals surface area (Å²) >= 11 is 0. The topological polar surface area (TPSA) is 30.5 Å². The number of hydrogen-bond donors (Lipinski definition) is 1. The number of rotatable bonds is 0. The van der Waals surface area contributed by atoms with Gasteiger partial charge in [0.2, 0.25) is 0 Å². The Labute approximate surface area is 66.4 Å². The van der Waals surface area contributed by atoms with Crippen molar-refractivity contribution in [3.63, 3.8) is 0 Å². The minimum atomic E-state index is 0.264. The zero-order valence-electron chi connectivity index (χ0n) is 6.45. The first-order valence-electron chi connectivity index (χ1n) is 4.04. The third-order valence-corrected chi connectivity index (χ3v) is 2.10. The fraction of sp³-hybridized carbons (Fsp3) is 0.750. The molecule has 2 heterocycles. The SMILES string of the molecule is C1=C\COC2COCC2NC/1. The first kappa shape index (κ1) is 7.28. The van der Waals surface area contributed by atoms with Crippen LogP contribution in [0.4, 0.5) is 0 Å². The maximum Gasteiger partial charge on any atom is 0.0987 e. The van der Waals surface area contributed by atoms with E-state index in [-0.39, 0.29) is 6.10 Å². The lowest BCUT2D eigenvalue weighted by molar-refractivity contribution is 0.0495. The van der Waals surface area contributed by atoms with Gasteiger partial charge in [-0.15, -0.1) is 0 Å². The van der Waals surface area contributed by atoms with Crippen molar-refractivity contribution < 1.29 is 9.47 Å². The van der Waals surface area contributed by atoms with Crippen LogP contribution in [0.1, 0.15) is 0 Å². The number of ether oxygens (including phenoxy) is 2. The normalized spacial score (nSPS) is 40.7. The van der Waals surface area contributed by atoms with Gasteiger partial charge >= 0.3 is 0 Å². The summed E-state index contributed by atoms with van der Waals surface area (Å²) in [6.45, 7) is 3.20. The summed E-state index contributed by atoms with van der Waals surface area (Å²) in [5.74, 6) is 0. The highest BCUT2D eigenvalue weighted by Crippen LogP contribution is 2.10. The standard InChI is InChI=1S/C8H13NO2/c1-2-4-11-8-6-10-5-7(8)9-3-1/h1-2,7-9H,3-6H2/b2-1-. The summed E-state index contributed by atoms with van der Waals surface area (Å²) in [5, 5.41) is 3.35. The molecule has 2 atom stereocenters. The van der Waals surface area contributed by atoms with E-state index in [9.17, 15) is 0 Å². The second kappa shape index (κ2) is 3.34. The fourth-order valence-corrected chi connectivity index (χ4v) is 1.44. The van der Waals surface area contributed by atoms with Gasteiger partial charge in [0.05, 0.1) is 32.0 Å². The summed E-state index contributed by atoms with van der Waals surface area (Å²) in [4.78, 5) is 0. The average Bonchev–Trinajstić information content (AvgIpc) is 2.35. The van der Waals surface area contributed by atoms with Gasteiger partial charge in [-0.3, -0.25) is 0 Å². The van der Waals surface area contributed by atoms with Crippen LogP contribution in [0, 0.1) is 0 Å². The smallest absolute Gasteiger partial charge is 0.0987 e. The Hall–Kier alpha value is -0.380. The van der Waals surface area contributed by atoms with Crippen molar-refractivity contribution in [2.45, 2.75) is 12.1 Å². The Kier molecular flexibility index (Phi) is 2.21. The van der Waals surface area contributed by atoms with E-state index in [4.69, 9.17) is 9.47 Å². The van der Waals surface area contributed by atoms with Gasteiger partial charge < -0.3 is 14.8 Å². The van der Waals surface area contributed by atoms with Crippen LogP contribution in [0.25, 0.3) is 0 Å². The van der Waals surface area contributed by atoms with E-state index >= 15 is 0 Å². The van der Waals surface area contributed by atoms with Crippen LogP contribution in [0.5, 0.6) is 0 Å². The number of nitrogens with one attached hydrogen (secondary N) is 1. The first-order chi connectivity index (χ1) is 5.47. The van der Waals surface area contributed by atoms with Crippen LogP contribution in [-0.2, 0) is 9.47 Å². The molecule has 0 saturated carbocycles. The molecule has 0 aliphatic carbocycles. The molecule has 3 heteroatoms. The van der Waals surface area contributed by atoms with Crippen LogP contribution >= 0.6 is 0 Å². The lowest BCUT2D eigenvalue weighted by Gasteiger charge is -2.19. The summed E-state index contributed by atoms with van der Waals surface area (Å²) in [6, 6.07) is 0.403. The quantitative estimate of drug-likeness (QED) is 0.497. The maximum atomic E-state index is 5.53. The Bertz CT molecular complexity index is 142. The molecule has 1 fully saturated rings. The van der Waals surface area contributed by atoms with Crippen LogP contribution in [-0.4, -0.2) is 38.5 Å². The molecule has 0 spiro atoms. The van der Waals surface area contributed by atoms with Gasteiger partial charge in [-0.05, 0) is 0 Å². The van der Waals surface area contributed by atoms with Crippen molar-refractivity contribution in [3.8, 4) is 0 Å². The van der Waals surface area contributed by atoms with Crippen molar-refractivity contribution >= 4 is 0 Å². The minimum absolute atomic E-state index is 0.264. The van der Waals surface area contributed by atoms with Crippen LogP contribution < -0.4 is 5.32 Å². The van der Waals surface area contributed by atoms with Gasteiger partial charge in [-0.1, -0.05) is 12.2 Å². The fourth-order valence-electron chi connectivity index (χ4n) is 1.44. The highest BCUT2D eigenvalue weighted by atomic mass is 16.5. The maximum absolute atomic E-state index is 5.53. The van der Waals surface area contributed by atoms with Gasteiger partial charge in [0.15, 0.2) is 0 Å². The predicted octanol–water partition coefficient (Wildman–Crippen LogP) is -0.0702. The summed E-state index contributed by atoms with van der Waals surface area (Å²) < 4.78 is 10.8. The largest absolute Gasteiger partial charge is 0.377 e. The van der Waals surface area contributed by atoms with Crippen molar-refractivity contribution in [1.29, 1.82) is 0 Å². The molecule has 2 unspecified atom stereocenters. The molecule has 0 radical (unpaired) electrons. The molecule has 62 valence electrons. The van der Waals surface area contributed by atoms with Gasteiger partial charge in [0, 0.05) is 6.54 Å². The predicted molar refractivity (Wildman–Crippen MR) is 41.5 cm³/mol. The summed E-state index contributed by atoms with van der Waals surface area (Å²) in [5.41, 5.74) is 0. The number of fused-ring (bicyclic) bond motifs is 1. The molecule has 0 aromatic rings. The molecular weight excluding hydrogens is 142 g/mol. The molecule has 11 heavy (non-hydrogen) atoms. The third-order valence-electron chi connectivity index (χ3n) is 2.10. The van der Waals surface area contributed by atoms with Crippen LogP contribution in [0.3, 0.4) is 0 Å². The van der Waals surface area contributed by atoms with E-state index in [1.54, 1.807) is 0 Å². The zero-order valence-corrected chi connectivity index (χ0v) is 6.45. The van der Waals surface area contributed by atoms with E-state index in [1.807, 2.05) is 6.08 Å². The van der Waals surface area contributed by atoms with Gasteiger partial charge in [0.1, 0.15) is 0 Å². The highest BCUT2D eigenvalue weighted by Gasteiger charge is 2.28. The second-order valence-electron chi connectivity index (χ2n) is 2.90. The van der Waals surface area contributed by atoms with E-state index in [0.717, 1.165) is 26.4 Å². The molecule has 2 rings (SSSR count). The van der Waals surface area contributed by atoms with Gasteiger partial charge in [-0.2, -0.15) is 0 Å². The van der Waals surface area contributed by atoms with Crippen molar-refractivity contribution in [1.82, 2.24) is 5.32 Å². The molecule has 2 aliphatic rings. The van der Waals surface area contributed by atoms with Gasteiger partial charge in [-0.25, -0.2) is 0 Å². The van der Waals surface area contributed by atoms with Crippen LogP contribution in [0.2, 0.25) is 0 Å². The van der Waals surface area contributed by atoms with Gasteiger partial charge in [0.25, 0.3) is 0 Å². The molecule has 2 aliphatic heterocycles. The van der Waals surface area contributed by atoms with E-state index < -0.39 is 0 Å². The Morgan fingerprint density at radius 2 is 2.27 bits per heavy atom. The molecule has 0 aromatic carbocycles. The molecular formula is C8H13NO2. The monoisotopic (exact) mass is 155 g/mol. The number of hydrogen-bond acceptors (Lipinski definition) is 3. The van der Waals surface area contributed by atoms with E-state index in [0.29, 0.717) is 6.04 Å². The highest BCUT2D eigenvalue weighted by molar-refractivity contribution is 4.92. The van der Waals surface area contributed by atoms with Crippen molar-refractivity contribution in [2.24, 2.45) is 0 Å². The second-order valence-corrected chi connectivity index (χ2v) is 2.90. The summed E-state index contributed by atoms with van der Waals surface area (Å²) in [7, 11) is 0. The molecule has 3 nitrogen and oxygen atoms in total. The lowest BCUT2D eigenvalue weighted by atomic mass is 10.2.